The van der Waals surface area contributed by atoms with Crippen LogP contribution in [0.5, 0.6) is 0 Å². The molecule has 0 fully saturated rings. The number of halogens is 2. The zero-order valence-electron chi connectivity index (χ0n) is 9.81. The van der Waals surface area contributed by atoms with Crippen LogP contribution in [-0.2, 0) is 6.42 Å². The van der Waals surface area contributed by atoms with Crippen LogP contribution >= 0.6 is 11.6 Å². The van der Waals surface area contributed by atoms with E-state index in [4.69, 9.17) is 11.6 Å². The van der Waals surface area contributed by atoms with Crippen LogP contribution in [0.15, 0.2) is 48.5 Å². The van der Waals surface area contributed by atoms with Gasteiger partial charge in [-0.3, -0.25) is 0 Å². The number of hydrogen-bond acceptors (Lipinski definition) is 1. The minimum Gasteiger partial charge on any atom is -0.388 e. The summed E-state index contributed by atoms with van der Waals surface area (Å²) in [7, 11) is 0. The van der Waals surface area contributed by atoms with E-state index in [0.29, 0.717) is 12.8 Å². The van der Waals surface area contributed by atoms with Crippen molar-refractivity contribution >= 4 is 11.6 Å². The Kier molecular flexibility index (Phi) is 4.34. The Labute approximate surface area is 111 Å². The summed E-state index contributed by atoms with van der Waals surface area (Å²) in [5.41, 5.74) is 1.72. The van der Waals surface area contributed by atoms with Crippen LogP contribution in [-0.4, -0.2) is 5.11 Å². The molecule has 0 aliphatic carbocycles. The molecule has 0 radical (unpaired) electrons. The van der Waals surface area contributed by atoms with Crippen LogP contribution in [0, 0.1) is 5.82 Å². The van der Waals surface area contributed by atoms with Gasteiger partial charge in [-0.2, -0.15) is 0 Å². The number of aliphatic hydroxyl groups excluding tert-OH is 1. The number of aryl methyl sites for hydroxylation is 1. The highest BCUT2D eigenvalue weighted by Gasteiger charge is 2.08. The summed E-state index contributed by atoms with van der Waals surface area (Å²) in [4.78, 5) is 0. The van der Waals surface area contributed by atoms with E-state index in [1.165, 1.54) is 6.07 Å². The Morgan fingerprint density at radius 3 is 2.50 bits per heavy atom. The molecule has 0 bridgehead atoms. The van der Waals surface area contributed by atoms with Crippen LogP contribution in [0.3, 0.4) is 0 Å². The fourth-order valence-corrected chi connectivity index (χ4v) is 1.96. The van der Waals surface area contributed by atoms with Crippen LogP contribution in [0.1, 0.15) is 23.7 Å². The summed E-state index contributed by atoms with van der Waals surface area (Å²) in [5, 5.41) is 10.1. The summed E-state index contributed by atoms with van der Waals surface area (Å²) in [6, 6.07) is 14.2. The summed E-state index contributed by atoms with van der Waals surface area (Å²) >= 11 is 5.61. The van der Waals surface area contributed by atoms with E-state index in [1.54, 1.807) is 12.1 Å². The third kappa shape index (κ3) is 3.31. The van der Waals surface area contributed by atoms with E-state index in [1.807, 2.05) is 30.3 Å². The van der Waals surface area contributed by atoms with Gasteiger partial charge < -0.3 is 5.11 Å². The first-order valence-electron chi connectivity index (χ1n) is 5.84. The number of hydrogen-bond donors (Lipinski definition) is 1. The standard InChI is InChI=1S/C15H14ClFO/c16-13-8-6-11(10-14(13)17)7-9-15(18)12-4-2-1-3-5-12/h1-6,8,10,15,18H,7,9H2. The number of aliphatic hydroxyl groups is 1. The Balaban J connectivity index is 1.97. The molecule has 0 spiro atoms. The van der Waals surface area contributed by atoms with Crippen molar-refractivity contribution in [2.75, 3.05) is 0 Å². The molecule has 2 rings (SSSR count). The SMILES string of the molecule is OC(CCc1ccc(Cl)c(F)c1)c1ccccc1. The molecule has 0 saturated carbocycles. The largest absolute Gasteiger partial charge is 0.388 e. The van der Waals surface area contributed by atoms with E-state index in [2.05, 4.69) is 0 Å². The van der Waals surface area contributed by atoms with Gasteiger partial charge in [0.1, 0.15) is 5.82 Å². The summed E-state index contributed by atoms with van der Waals surface area (Å²) in [6.45, 7) is 0. The van der Waals surface area contributed by atoms with Gasteiger partial charge in [0, 0.05) is 0 Å². The molecule has 1 N–H and O–H groups in total. The Bertz CT molecular complexity index is 513. The van der Waals surface area contributed by atoms with Gasteiger partial charge in [0.05, 0.1) is 11.1 Å². The second kappa shape index (κ2) is 5.98. The van der Waals surface area contributed by atoms with E-state index in [0.717, 1.165) is 11.1 Å². The highest BCUT2D eigenvalue weighted by atomic mass is 35.5. The summed E-state index contributed by atoms with van der Waals surface area (Å²) in [6.07, 6.45) is 0.653. The molecule has 1 nitrogen and oxygen atoms in total. The van der Waals surface area contributed by atoms with Crippen LogP contribution in [0.25, 0.3) is 0 Å². The van der Waals surface area contributed by atoms with Crippen molar-refractivity contribution in [1.82, 2.24) is 0 Å². The van der Waals surface area contributed by atoms with Gasteiger partial charge in [0.25, 0.3) is 0 Å². The van der Waals surface area contributed by atoms with Crippen molar-refractivity contribution < 1.29 is 9.50 Å². The van der Waals surface area contributed by atoms with Crippen molar-refractivity contribution in [1.29, 1.82) is 0 Å². The molecule has 0 heterocycles. The highest BCUT2D eigenvalue weighted by Crippen LogP contribution is 2.21. The minimum absolute atomic E-state index is 0.127. The molecule has 1 atom stereocenters. The van der Waals surface area contributed by atoms with Crippen LogP contribution in [0.2, 0.25) is 5.02 Å². The molecular formula is C15H14ClFO. The molecular weight excluding hydrogens is 251 g/mol. The average molecular weight is 265 g/mol. The van der Waals surface area contributed by atoms with Gasteiger partial charge in [0.15, 0.2) is 0 Å². The van der Waals surface area contributed by atoms with Gasteiger partial charge in [-0.05, 0) is 36.1 Å². The van der Waals surface area contributed by atoms with Gasteiger partial charge >= 0.3 is 0 Å². The van der Waals surface area contributed by atoms with E-state index >= 15 is 0 Å². The maximum Gasteiger partial charge on any atom is 0.142 e. The monoisotopic (exact) mass is 264 g/mol. The lowest BCUT2D eigenvalue weighted by molar-refractivity contribution is 0.168. The lowest BCUT2D eigenvalue weighted by Gasteiger charge is -2.10. The highest BCUT2D eigenvalue weighted by molar-refractivity contribution is 6.30. The van der Waals surface area contributed by atoms with Crippen molar-refractivity contribution in [3.05, 3.63) is 70.5 Å². The van der Waals surface area contributed by atoms with Crippen molar-refractivity contribution in [3.63, 3.8) is 0 Å². The second-order valence-corrected chi connectivity index (χ2v) is 4.62. The smallest absolute Gasteiger partial charge is 0.142 e. The topological polar surface area (TPSA) is 20.2 Å². The number of rotatable bonds is 4. The maximum absolute atomic E-state index is 13.2. The lowest BCUT2D eigenvalue weighted by Crippen LogP contribution is -1.99. The molecule has 0 aromatic heterocycles. The zero-order valence-corrected chi connectivity index (χ0v) is 10.6. The predicted octanol–water partition coefficient (Wildman–Crippen LogP) is 4.15. The third-order valence-corrected chi connectivity index (χ3v) is 3.18. The molecule has 0 saturated heterocycles. The van der Waals surface area contributed by atoms with Gasteiger partial charge in [-0.25, -0.2) is 4.39 Å². The second-order valence-electron chi connectivity index (χ2n) is 4.21. The summed E-state index contributed by atoms with van der Waals surface area (Å²) in [5.74, 6) is -0.414. The van der Waals surface area contributed by atoms with E-state index < -0.39 is 11.9 Å². The average Bonchev–Trinajstić information content (AvgIpc) is 2.41. The first-order valence-corrected chi connectivity index (χ1v) is 6.21. The molecule has 94 valence electrons. The zero-order chi connectivity index (χ0) is 13.0. The molecule has 0 aliphatic rings. The summed E-state index contributed by atoms with van der Waals surface area (Å²) < 4.78 is 13.2. The van der Waals surface area contributed by atoms with Gasteiger partial charge in [-0.1, -0.05) is 48.0 Å². The molecule has 2 aromatic carbocycles. The van der Waals surface area contributed by atoms with E-state index in [9.17, 15) is 9.50 Å². The molecule has 1 unspecified atom stereocenters. The molecule has 3 heteroatoms. The Morgan fingerprint density at radius 2 is 1.83 bits per heavy atom. The fraction of sp³-hybridized carbons (Fsp3) is 0.200. The third-order valence-electron chi connectivity index (χ3n) is 2.87. The van der Waals surface area contributed by atoms with E-state index in [-0.39, 0.29) is 5.02 Å². The van der Waals surface area contributed by atoms with Crippen LogP contribution < -0.4 is 0 Å². The molecule has 0 amide bonds. The first kappa shape index (κ1) is 13.1. The van der Waals surface area contributed by atoms with Crippen molar-refractivity contribution in [2.24, 2.45) is 0 Å². The van der Waals surface area contributed by atoms with Gasteiger partial charge in [-0.15, -0.1) is 0 Å². The Morgan fingerprint density at radius 1 is 1.11 bits per heavy atom. The molecule has 18 heavy (non-hydrogen) atoms. The minimum atomic E-state index is -0.523. The predicted molar refractivity (Wildman–Crippen MR) is 71.1 cm³/mol. The quantitative estimate of drug-likeness (QED) is 0.880. The van der Waals surface area contributed by atoms with Crippen LogP contribution in [0.4, 0.5) is 4.39 Å². The Hall–Kier alpha value is -1.38. The number of benzene rings is 2. The lowest BCUT2D eigenvalue weighted by atomic mass is 10.0. The van der Waals surface area contributed by atoms with Gasteiger partial charge in [0.2, 0.25) is 0 Å². The first-order chi connectivity index (χ1) is 8.66. The molecule has 2 aromatic rings. The fourth-order valence-electron chi connectivity index (χ4n) is 1.84. The normalized spacial score (nSPS) is 12.4. The van der Waals surface area contributed by atoms with Crippen molar-refractivity contribution in [3.8, 4) is 0 Å². The van der Waals surface area contributed by atoms with Crippen molar-refractivity contribution in [2.45, 2.75) is 18.9 Å². The maximum atomic E-state index is 13.2. The molecule has 0 aliphatic heterocycles.